The minimum Gasteiger partial charge on any atom is -0.359 e. The van der Waals surface area contributed by atoms with Gasteiger partial charge in [0.05, 0.1) is 8.80 Å². The van der Waals surface area contributed by atoms with Crippen molar-refractivity contribution in [2.24, 2.45) is 0 Å². The lowest BCUT2D eigenvalue weighted by Crippen LogP contribution is -2.45. The number of hydrogen-bond donors (Lipinski definition) is 0. The maximum atomic E-state index is 13.7. The average Bonchev–Trinajstić information content (AvgIpc) is 3.43. The van der Waals surface area contributed by atoms with Crippen molar-refractivity contribution in [3.63, 3.8) is 0 Å². The van der Waals surface area contributed by atoms with Crippen molar-refractivity contribution in [1.29, 1.82) is 0 Å². The quantitative estimate of drug-likeness (QED) is 0.216. The second kappa shape index (κ2) is 8.56. The Balaban J connectivity index is 1.55. The van der Waals surface area contributed by atoms with Gasteiger partial charge in [-0.3, -0.25) is 0 Å². The fourth-order valence-corrected chi connectivity index (χ4v) is 8.45. The van der Waals surface area contributed by atoms with Crippen molar-refractivity contribution in [2.75, 3.05) is 13.9 Å². The molecular weight excluding hydrogens is 573 g/mol. The summed E-state index contributed by atoms with van der Waals surface area (Å²) < 4.78 is 38.6. The molecule has 0 radical (unpaired) electrons. The Morgan fingerprint density at radius 3 is 2.79 bits per heavy atom. The Hall–Kier alpha value is -1.60. The first-order valence-electron chi connectivity index (χ1n) is 10.6. The molecule has 2 aliphatic carbocycles. The Morgan fingerprint density at radius 2 is 2.09 bits per heavy atom. The number of rotatable bonds is 7. The molecule has 0 bridgehead atoms. The summed E-state index contributed by atoms with van der Waals surface area (Å²) in [6, 6.07) is 3.73. The standard InChI is InChI=1S/C23H24IN3O4S2/c1-22(9-4-3-6-19(22)24)33(28,29)27-13-8-17-16(7-12-25-20(17)27)18-14-26-21(32-18)23(10-5-11-23)31-15-30-2/h3-4,6-9,12-14,19H,5,10-11,15H2,1-2H3. The van der Waals surface area contributed by atoms with Crippen molar-refractivity contribution >= 4 is 55.0 Å². The van der Waals surface area contributed by atoms with Crippen LogP contribution in [-0.4, -0.2) is 44.9 Å². The van der Waals surface area contributed by atoms with E-state index in [4.69, 9.17) is 9.47 Å². The van der Waals surface area contributed by atoms with Gasteiger partial charge in [0.1, 0.15) is 22.1 Å². The summed E-state index contributed by atoms with van der Waals surface area (Å²) in [6.45, 7) is 1.98. The second-order valence-electron chi connectivity index (χ2n) is 8.47. The Bertz CT molecular complexity index is 1360. The molecule has 0 amide bonds. The molecule has 10 heteroatoms. The number of nitrogens with zero attached hydrogens (tertiary/aromatic N) is 3. The molecule has 2 unspecified atom stereocenters. The maximum absolute atomic E-state index is 13.7. The molecule has 2 atom stereocenters. The third kappa shape index (κ3) is 3.61. The van der Waals surface area contributed by atoms with Crippen molar-refractivity contribution in [2.45, 2.75) is 40.5 Å². The van der Waals surface area contributed by atoms with Crippen LogP contribution in [0, 0.1) is 0 Å². The van der Waals surface area contributed by atoms with Gasteiger partial charge in [0.15, 0.2) is 5.65 Å². The predicted octanol–water partition coefficient (Wildman–Crippen LogP) is 5.03. The number of allylic oxidation sites excluding steroid dienone is 3. The third-order valence-electron chi connectivity index (χ3n) is 6.51. The lowest BCUT2D eigenvalue weighted by molar-refractivity contribution is -0.171. The molecule has 0 spiro atoms. The lowest BCUT2D eigenvalue weighted by Gasteiger charge is -2.39. The van der Waals surface area contributed by atoms with E-state index in [-0.39, 0.29) is 16.3 Å². The molecule has 0 saturated heterocycles. The second-order valence-corrected chi connectivity index (χ2v) is 13.1. The highest BCUT2D eigenvalue weighted by molar-refractivity contribution is 14.1. The Labute approximate surface area is 210 Å². The van der Waals surface area contributed by atoms with E-state index in [0.29, 0.717) is 5.65 Å². The highest BCUT2D eigenvalue weighted by atomic mass is 127. The van der Waals surface area contributed by atoms with E-state index in [0.717, 1.165) is 40.1 Å². The zero-order chi connectivity index (χ0) is 23.3. The van der Waals surface area contributed by atoms with Crippen LogP contribution in [0.2, 0.25) is 0 Å². The van der Waals surface area contributed by atoms with Gasteiger partial charge in [-0.2, -0.15) is 0 Å². The zero-order valence-electron chi connectivity index (χ0n) is 18.3. The van der Waals surface area contributed by atoms with E-state index in [1.54, 1.807) is 49.9 Å². The zero-order valence-corrected chi connectivity index (χ0v) is 22.1. The van der Waals surface area contributed by atoms with Crippen LogP contribution in [0.3, 0.4) is 0 Å². The molecule has 1 saturated carbocycles. The summed E-state index contributed by atoms with van der Waals surface area (Å²) in [5.74, 6) is 0. The Morgan fingerprint density at radius 1 is 1.27 bits per heavy atom. The molecule has 7 nitrogen and oxygen atoms in total. The predicted molar refractivity (Wildman–Crippen MR) is 138 cm³/mol. The van der Waals surface area contributed by atoms with Gasteiger partial charge in [0.25, 0.3) is 10.0 Å². The number of methoxy groups -OCH3 is 1. The topological polar surface area (TPSA) is 83.3 Å². The number of fused-ring (bicyclic) bond motifs is 1. The highest BCUT2D eigenvalue weighted by Crippen LogP contribution is 2.48. The van der Waals surface area contributed by atoms with Gasteiger partial charge in [0.2, 0.25) is 0 Å². The third-order valence-corrected chi connectivity index (χ3v) is 12.2. The van der Waals surface area contributed by atoms with Crippen LogP contribution in [0.1, 0.15) is 31.2 Å². The maximum Gasteiger partial charge on any atom is 0.250 e. The molecule has 3 aromatic heterocycles. The lowest BCUT2D eigenvalue weighted by atomic mass is 9.80. The molecule has 1 fully saturated rings. The van der Waals surface area contributed by atoms with Gasteiger partial charge in [-0.15, -0.1) is 11.3 Å². The molecule has 0 N–H and O–H groups in total. The van der Waals surface area contributed by atoms with Crippen LogP contribution in [0.4, 0.5) is 0 Å². The van der Waals surface area contributed by atoms with Gasteiger partial charge in [-0.25, -0.2) is 22.4 Å². The summed E-state index contributed by atoms with van der Waals surface area (Å²) in [5, 5.41) is 1.71. The van der Waals surface area contributed by atoms with Gasteiger partial charge in [-0.05, 0) is 38.3 Å². The molecule has 2 aliphatic rings. The summed E-state index contributed by atoms with van der Waals surface area (Å²) >= 11 is 3.75. The van der Waals surface area contributed by atoms with Gasteiger partial charge < -0.3 is 9.47 Å². The monoisotopic (exact) mass is 597 g/mol. The van der Waals surface area contributed by atoms with Crippen LogP contribution in [0.15, 0.2) is 55.0 Å². The van der Waals surface area contributed by atoms with E-state index in [1.807, 2.05) is 30.5 Å². The van der Waals surface area contributed by atoms with E-state index >= 15 is 0 Å². The number of thiazole rings is 1. The summed E-state index contributed by atoms with van der Waals surface area (Å²) in [4.78, 5) is 10.1. The SMILES string of the molecule is COCOC1(c2ncc(-c3ccnc4c3ccn4S(=O)(=O)C3(C)C=CC=CC3I)s2)CCC1. The number of ether oxygens (including phenoxy) is 2. The van der Waals surface area contributed by atoms with Crippen molar-refractivity contribution in [3.8, 4) is 10.4 Å². The number of alkyl halides is 1. The highest BCUT2D eigenvalue weighted by Gasteiger charge is 2.45. The molecule has 5 rings (SSSR count). The van der Waals surface area contributed by atoms with Gasteiger partial charge in [-0.1, -0.05) is 46.9 Å². The first-order chi connectivity index (χ1) is 15.8. The van der Waals surface area contributed by atoms with E-state index in [2.05, 4.69) is 32.6 Å². The normalized spacial score (nSPS) is 24.3. The minimum absolute atomic E-state index is 0.194. The first kappa shape index (κ1) is 23.2. The van der Waals surface area contributed by atoms with Gasteiger partial charge in [0, 0.05) is 36.7 Å². The van der Waals surface area contributed by atoms with Crippen LogP contribution in [-0.2, 0) is 25.1 Å². The van der Waals surface area contributed by atoms with Crippen molar-refractivity contribution in [1.82, 2.24) is 13.9 Å². The van der Waals surface area contributed by atoms with E-state index < -0.39 is 14.8 Å². The fourth-order valence-electron chi connectivity index (χ4n) is 4.25. The van der Waals surface area contributed by atoms with Crippen molar-refractivity contribution in [3.05, 3.63) is 60.0 Å². The minimum atomic E-state index is -3.75. The Kier molecular flexibility index (Phi) is 6.01. The summed E-state index contributed by atoms with van der Waals surface area (Å²) in [5.41, 5.74) is 0.948. The molecule has 0 aromatic carbocycles. The summed E-state index contributed by atoms with van der Waals surface area (Å²) in [7, 11) is -2.14. The molecule has 3 aromatic rings. The van der Waals surface area contributed by atoms with Crippen molar-refractivity contribution < 1.29 is 17.9 Å². The van der Waals surface area contributed by atoms with Crippen LogP contribution in [0.25, 0.3) is 21.5 Å². The molecule has 33 heavy (non-hydrogen) atoms. The largest absolute Gasteiger partial charge is 0.359 e. The number of aromatic nitrogens is 3. The fraction of sp³-hybridized carbons (Fsp3) is 0.391. The molecule has 174 valence electrons. The van der Waals surface area contributed by atoms with Gasteiger partial charge >= 0.3 is 0 Å². The molecule has 3 heterocycles. The number of pyridine rings is 1. The average molecular weight is 597 g/mol. The first-order valence-corrected chi connectivity index (χ1v) is 14.1. The van der Waals surface area contributed by atoms with Crippen LogP contribution < -0.4 is 0 Å². The van der Waals surface area contributed by atoms with E-state index in [9.17, 15) is 8.42 Å². The smallest absolute Gasteiger partial charge is 0.250 e. The number of hydrogen-bond acceptors (Lipinski definition) is 7. The molecular formula is C23H24IN3O4S2. The molecule has 0 aliphatic heterocycles. The summed E-state index contributed by atoms with van der Waals surface area (Å²) in [6.07, 6.45) is 15.4. The van der Waals surface area contributed by atoms with E-state index in [1.165, 1.54) is 3.97 Å². The van der Waals surface area contributed by atoms with Crippen LogP contribution in [0.5, 0.6) is 0 Å². The van der Waals surface area contributed by atoms with Crippen LogP contribution >= 0.6 is 33.9 Å². The number of halogens is 1.